The van der Waals surface area contributed by atoms with E-state index in [4.69, 9.17) is 16.3 Å². The molecule has 0 bridgehead atoms. The molecule has 3 aromatic carbocycles. The number of ether oxygens (including phenoxy) is 1. The maximum absolute atomic E-state index is 13.4. The molecule has 8 heteroatoms. The first-order valence-corrected chi connectivity index (χ1v) is 13.1. The van der Waals surface area contributed by atoms with Crippen LogP contribution in [0.3, 0.4) is 0 Å². The SMILES string of the molecule is Cc1ccc(N(CC(=O)Nc2ccc(OC3CCCC3)cc2)S(=O)(=O)c2ccccc2)cc1Cl. The Labute approximate surface area is 205 Å². The minimum Gasteiger partial charge on any atom is -0.490 e. The lowest BCUT2D eigenvalue weighted by Crippen LogP contribution is -2.38. The second-order valence-electron chi connectivity index (χ2n) is 8.36. The van der Waals surface area contributed by atoms with Crippen LogP contribution in [0.25, 0.3) is 0 Å². The number of aryl methyl sites for hydroxylation is 1. The van der Waals surface area contributed by atoms with Gasteiger partial charge in [-0.2, -0.15) is 0 Å². The van der Waals surface area contributed by atoms with Crippen LogP contribution in [0.5, 0.6) is 5.75 Å². The normalized spacial score (nSPS) is 14.1. The van der Waals surface area contributed by atoms with Gasteiger partial charge >= 0.3 is 0 Å². The fraction of sp³-hybridized carbons (Fsp3) is 0.269. The second-order valence-corrected chi connectivity index (χ2v) is 10.6. The topological polar surface area (TPSA) is 75.7 Å². The van der Waals surface area contributed by atoms with E-state index in [2.05, 4.69) is 5.32 Å². The van der Waals surface area contributed by atoms with Gasteiger partial charge in [0, 0.05) is 10.7 Å². The van der Waals surface area contributed by atoms with E-state index in [1.807, 2.05) is 19.1 Å². The monoisotopic (exact) mass is 498 g/mol. The minimum absolute atomic E-state index is 0.0907. The van der Waals surface area contributed by atoms with Crippen molar-refractivity contribution in [3.63, 3.8) is 0 Å². The van der Waals surface area contributed by atoms with Crippen LogP contribution in [-0.4, -0.2) is 27.0 Å². The van der Waals surface area contributed by atoms with Crippen LogP contribution in [0.4, 0.5) is 11.4 Å². The standard InChI is InChI=1S/C26H27ClN2O4S/c1-19-11-14-21(17-25(19)27)29(34(31,32)24-9-3-2-4-10-24)18-26(30)28-20-12-15-23(16-13-20)33-22-7-5-6-8-22/h2-4,9-17,22H,5-8,18H2,1H3,(H,28,30). The average Bonchev–Trinajstić information content (AvgIpc) is 3.34. The van der Waals surface area contributed by atoms with Crippen molar-refractivity contribution in [2.75, 3.05) is 16.2 Å². The van der Waals surface area contributed by atoms with Gasteiger partial charge in [0.1, 0.15) is 12.3 Å². The fourth-order valence-electron chi connectivity index (χ4n) is 3.92. The molecule has 0 aliphatic heterocycles. The molecule has 0 heterocycles. The summed E-state index contributed by atoms with van der Waals surface area (Å²) < 4.78 is 33.9. The lowest BCUT2D eigenvalue weighted by atomic mass is 10.2. The number of nitrogens with one attached hydrogen (secondary N) is 1. The smallest absolute Gasteiger partial charge is 0.264 e. The average molecular weight is 499 g/mol. The fourth-order valence-corrected chi connectivity index (χ4v) is 5.53. The zero-order valence-electron chi connectivity index (χ0n) is 18.9. The number of halogens is 1. The number of carbonyl (C=O) groups excluding carboxylic acids is 1. The van der Waals surface area contributed by atoms with Crippen LogP contribution < -0.4 is 14.4 Å². The van der Waals surface area contributed by atoms with Crippen molar-refractivity contribution in [3.05, 3.63) is 83.4 Å². The number of hydrogen-bond donors (Lipinski definition) is 1. The van der Waals surface area contributed by atoms with Gasteiger partial charge in [-0.05, 0) is 86.7 Å². The number of amides is 1. The minimum atomic E-state index is -4.00. The Bertz CT molecular complexity index is 1240. The predicted octanol–water partition coefficient (Wildman–Crippen LogP) is 5.80. The summed E-state index contributed by atoms with van der Waals surface area (Å²) in [6.07, 6.45) is 4.75. The van der Waals surface area contributed by atoms with Crippen LogP contribution in [0.15, 0.2) is 77.7 Å². The van der Waals surface area contributed by atoms with Crippen LogP contribution in [0.2, 0.25) is 5.02 Å². The zero-order valence-corrected chi connectivity index (χ0v) is 20.5. The number of rotatable bonds is 8. The van der Waals surface area contributed by atoms with Crippen molar-refractivity contribution in [1.29, 1.82) is 0 Å². The Morgan fingerprint density at radius 2 is 1.71 bits per heavy atom. The van der Waals surface area contributed by atoms with Gasteiger partial charge in [-0.15, -0.1) is 0 Å². The van der Waals surface area contributed by atoms with E-state index < -0.39 is 22.5 Å². The van der Waals surface area contributed by atoms with Gasteiger partial charge in [0.2, 0.25) is 5.91 Å². The summed E-state index contributed by atoms with van der Waals surface area (Å²) in [5.41, 5.74) is 1.68. The number of sulfonamides is 1. The van der Waals surface area contributed by atoms with Crippen LogP contribution in [0, 0.1) is 6.92 Å². The van der Waals surface area contributed by atoms with Crippen LogP contribution >= 0.6 is 11.6 Å². The molecular weight excluding hydrogens is 472 g/mol. The number of hydrogen-bond acceptors (Lipinski definition) is 4. The summed E-state index contributed by atoms with van der Waals surface area (Å²) in [4.78, 5) is 13.0. The Kier molecular flexibility index (Phi) is 7.44. The third-order valence-electron chi connectivity index (χ3n) is 5.80. The number of nitrogens with zero attached hydrogens (tertiary/aromatic N) is 1. The van der Waals surface area contributed by atoms with Crippen molar-refractivity contribution in [2.45, 2.75) is 43.6 Å². The first-order valence-electron chi connectivity index (χ1n) is 11.2. The maximum Gasteiger partial charge on any atom is 0.264 e. The lowest BCUT2D eigenvalue weighted by Gasteiger charge is -2.24. The van der Waals surface area contributed by atoms with Crippen molar-refractivity contribution in [3.8, 4) is 5.75 Å². The Hall–Kier alpha value is -3.03. The summed E-state index contributed by atoms with van der Waals surface area (Å²) in [6.45, 7) is 1.42. The molecule has 1 saturated carbocycles. The molecule has 1 aliphatic carbocycles. The van der Waals surface area contributed by atoms with Crippen molar-refractivity contribution < 1.29 is 17.9 Å². The highest BCUT2D eigenvalue weighted by molar-refractivity contribution is 7.92. The molecule has 34 heavy (non-hydrogen) atoms. The molecule has 4 rings (SSSR count). The van der Waals surface area contributed by atoms with Crippen molar-refractivity contribution in [1.82, 2.24) is 0 Å². The second kappa shape index (κ2) is 10.5. The number of benzene rings is 3. The molecule has 6 nitrogen and oxygen atoms in total. The third kappa shape index (κ3) is 5.72. The van der Waals surface area contributed by atoms with E-state index in [0.717, 1.165) is 28.5 Å². The molecule has 1 N–H and O–H groups in total. The molecule has 3 aromatic rings. The largest absolute Gasteiger partial charge is 0.490 e. The van der Waals surface area contributed by atoms with Crippen LogP contribution in [0.1, 0.15) is 31.2 Å². The van der Waals surface area contributed by atoms with E-state index in [9.17, 15) is 13.2 Å². The summed E-state index contributed by atoms with van der Waals surface area (Å²) in [5, 5.41) is 3.20. The maximum atomic E-state index is 13.4. The first-order chi connectivity index (χ1) is 16.3. The highest BCUT2D eigenvalue weighted by Gasteiger charge is 2.27. The van der Waals surface area contributed by atoms with E-state index >= 15 is 0 Å². The van der Waals surface area contributed by atoms with Gasteiger partial charge in [0.05, 0.1) is 16.7 Å². The van der Waals surface area contributed by atoms with Gasteiger partial charge in [0.25, 0.3) is 10.0 Å². The van der Waals surface area contributed by atoms with E-state index in [1.54, 1.807) is 48.5 Å². The molecule has 1 amide bonds. The summed E-state index contributed by atoms with van der Waals surface area (Å²) in [7, 11) is -4.00. The van der Waals surface area contributed by atoms with Crippen molar-refractivity contribution >= 4 is 38.9 Å². The molecular formula is C26H27ClN2O4S. The molecule has 1 aliphatic rings. The molecule has 0 radical (unpaired) electrons. The first kappa shape index (κ1) is 24.1. The Balaban J connectivity index is 1.52. The molecule has 0 atom stereocenters. The summed E-state index contributed by atoms with van der Waals surface area (Å²) >= 11 is 6.26. The highest BCUT2D eigenvalue weighted by atomic mass is 35.5. The Morgan fingerprint density at radius 3 is 2.35 bits per heavy atom. The highest BCUT2D eigenvalue weighted by Crippen LogP contribution is 2.28. The zero-order chi connectivity index (χ0) is 24.1. The van der Waals surface area contributed by atoms with E-state index in [0.29, 0.717) is 16.4 Å². The van der Waals surface area contributed by atoms with E-state index in [-0.39, 0.29) is 11.0 Å². The quantitative estimate of drug-likeness (QED) is 0.425. The van der Waals surface area contributed by atoms with Gasteiger partial charge < -0.3 is 10.1 Å². The van der Waals surface area contributed by atoms with Gasteiger partial charge in [-0.25, -0.2) is 8.42 Å². The van der Waals surface area contributed by atoms with Crippen LogP contribution in [-0.2, 0) is 14.8 Å². The van der Waals surface area contributed by atoms with Gasteiger partial charge in [-0.3, -0.25) is 9.10 Å². The molecule has 178 valence electrons. The molecule has 0 unspecified atom stereocenters. The Morgan fingerprint density at radius 1 is 1.03 bits per heavy atom. The van der Waals surface area contributed by atoms with Gasteiger partial charge in [-0.1, -0.05) is 35.9 Å². The van der Waals surface area contributed by atoms with Gasteiger partial charge in [0.15, 0.2) is 0 Å². The summed E-state index contributed by atoms with van der Waals surface area (Å²) in [5.74, 6) is 0.285. The number of carbonyl (C=O) groups is 1. The molecule has 1 fully saturated rings. The lowest BCUT2D eigenvalue weighted by molar-refractivity contribution is -0.114. The van der Waals surface area contributed by atoms with Crippen molar-refractivity contribution in [2.24, 2.45) is 0 Å². The van der Waals surface area contributed by atoms with E-state index in [1.165, 1.54) is 25.0 Å². The molecule has 0 aromatic heterocycles. The molecule has 0 spiro atoms. The third-order valence-corrected chi connectivity index (χ3v) is 8.00. The summed E-state index contributed by atoms with van der Waals surface area (Å²) in [6, 6.07) is 20.1. The predicted molar refractivity (Wildman–Crippen MR) is 135 cm³/mol. The molecule has 0 saturated heterocycles. The number of anilines is 2.